The van der Waals surface area contributed by atoms with Gasteiger partial charge in [0.1, 0.15) is 11.4 Å². The Balaban J connectivity index is 1.29. The van der Waals surface area contributed by atoms with Crippen molar-refractivity contribution in [3.63, 3.8) is 0 Å². The van der Waals surface area contributed by atoms with Crippen LogP contribution in [0.2, 0.25) is 0 Å². The fourth-order valence-electron chi connectivity index (χ4n) is 6.33. The third kappa shape index (κ3) is 3.79. The van der Waals surface area contributed by atoms with E-state index in [0.29, 0.717) is 5.92 Å². The molecule has 6 rings (SSSR count). The summed E-state index contributed by atoms with van der Waals surface area (Å²) < 4.78 is 18.4. The lowest BCUT2D eigenvalue weighted by molar-refractivity contribution is 0.00578. The monoisotopic (exact) mass is 491 g/mol. The van der Waals surface area contributed by atoms with Crippen molar-refractivity contribution < 1.29 is 18.8 Å². The molecular formula is C28H38BN3O4. The average molecular weight is 491 g/mol. The fourth-order valence-corrected chi connectivity index (χ4v) is 6.33. The molecule has 7 nitrogen and oxygen atoms in total. The van der Waals surface area contributed by atoms with Crippen LogP contribution in [0.4, 0.5) is 4.79 Å². The molecule has 192 valence electrons. The maximum Gasteiger partial charge on any atom is 0.494 e. The van der Waals surface area contributed by atoms with Gasteiger partial charge in [-0.2, -0.15) is 0 Å². The summed E-state index contributed by atoms with van der Waals surface area (Å²) in [6.45, 7) is 14.1. The van der Waals surface area contributed by atoms with Gasteiger partial charge in [0, 0.05) is 17.3 Å². The Morgan fingerprint density at radius 3 is 2.56 bits per heavy atom. The molecule has 3 fully saturated rings. The molecule has 2 saturated heterocycles. The second kappa shape index (κ2) is 7.84. The fraction of sp³-hybridized carbons (Fsp3) is 0.643. The highest BCUT2D eigenvalue weighted by Gasteiger charge is 2.53. The number of hydrogen-bond acceptors (Lipinski definition) is 5. The van der Waals surface area contributed by atoms with Crippen molar-refractivity contribution in [2.24, 2.45) is 5.92 Å². The molecule has 2 bridgehead atoms. The molecular weight excluding hydrogens is 453 g/mol. The van der Waals surface area contributed by atoms with Crippen LogP contribution >= 0.6 is 0 Å². The van der Waals surface area contributed by atoms with Gasteiger partial charge < -0.3 is 19.0 Å². The Morgan fingerprint density at radius 2 is 1.86 bits per heavy atom. The number of H-pyrrole nitrogens is 1. The Kier molecular flexibility index (Phi) is 5.24. The minimum atomic E-state index is -0.514. The molecule has 3 heterocycles. The lowest BCUT2D eigenvalue weighted by Crippen LogP contribution is -2.43. The summed E-state index contributed by atoms with van der Waals surface area (Å²) in [6, 6.07) is 6.68. The Labute approximate surface area is 214 Å². The zero-order chi connectivity index (χ0) is 25.6. The smallest absolute Gasteiger partial charge is 0.444 e. The number of hydrogen-bond donors (Lipinski definition) is 1. The van der Waals surface area contributed by atoms with Crippen molar-refractivity contribution in [1.82, 2.24) is 14.9 Å². The quantitative estimate of drug-likeness (QED) is 0.603. The molecule has 2 aliphatic carbocycles. The Morgan fingerprint density at radius 1 is 1.14 bits per heavy atom. The summed E-state index contributed by atoms with van der Waals surface area (Å²) in [5, 5.41) is 0. The third-order valence-electron chi connectivity index (χ3n) is 8.82. The average Bonchev–Trinajstić information content (AvgIpc) is 3.53. The van der Waals surface area contributed by atoms with E-state index in [9.17, 15) is 4.79 Å². The van der Waals surface area contributed by atoms with Crippen molar-refractivity contribution in [3.8, 4) is 11.3 Å². The number of aryl methyl sites for hydroxylation is 2. The van der Waals surface area contributed by atoms with Crippen molar-refractivity contribution in [3.05, 3.63) is 35.3 Å². The molecule has 4 aliphatic rings. The number of likely N-dealkylation sites (tertiary alicyclic amines) is 1. The van der Waals surface area contributed by atoms with E-state index in [1.165, 1.54) is 5.56 Å². The number of fused-ring (bicyclic) bond motifs is 5. The summed E-state index contributed by atoms with van der Waals surface area (Å²) in [4.78, 5) is 23.9. The van der Waals surface area contributed by atoms with E-state index in [4.69, 9.17) is 19.0 Å². The van der Waals surface area contributed by atoms with Crippen LogP contribution in [0.25, 0.3) is 11.3 Å². The highest BCUT2D eigenvalue weighted by Crippen LogP contribution is 2.50. The number of aromatic nitrogens is 2. The molecule has 1 aromatic carbocycles. The molecule has 1 amide bonds. The molecule has 1 N–H and O–H groups in total. The van der Waals surface area contributed by atoms with Gasteiger partial charge in [0.05, 0.1) is 22.9 Å². The van der Waals surface area contributed by atoms with Gasteiger partial charge in [-0.1, -0.05) is 18.2 Å². The second-order valence-corrected chi connectivity index (χ2v) is 13.0. The van der Waals surface area contributed by atoms with Crippen LogP contribution in [0.1, 0.15) is 90.9 Å². The summed E-state index contributed by atoms with van der Waals surface area (Å²) >= 11 is 0. The van der Waals surface area contributed by atoms with Crippen LogP contribution in [0, 0.1) is 5.92 Å². The second-order valence-electron chi connectivity index (χ2n) is 13.0. The molecule has 2 aliphatic heterocycles. The number of ether oxygens (including phenoxy) is 1. The van der Waals surface area contributed by atoms with E-state index in [0.717, 1.165) is 60.3 Å². The van der Waals surface area contributed by atoms with Crippen LogP contribution in [-0.2, 0) is 26.9 Å². The number of rotatable bonds is 2. The van der Waals surface area contributed by atoms with Crippen molar-refractivity contribution in [1.29, 1.82) is 0 Å². The third-order valence-corrected chi connectivity index (χ3v) is 8.82. The summed E-state index contributed by atoms with van der Waals surface area (Å²) in [7, 11) is -0.368. The Hall–Kier alpha value is -2.32. The maximum absolute atomic E-state index is 13.2. The van der Waals surface area contributed by atoms with E-state index in [2.05, 4.69) is 50.9 Å². The van der Waals surface area contributed by atoms with Gasteiger partial charge in [-0.25, -0.2) is 9.78 Å². The number of carbonyl (C=O) groups excluding carboxylic acids is 1. The van der Waals surface area contributed by atoms with Crippen molar-refractivity contribution in [2.45, 2.75) is 109 Å². The molecule has 0 spiro atoms. The van der Waals surface area contributed by atoms with E-state index < -0.39 is 5.60 Å². The molecule has 3 atom stereocenters. The summed E-state index contributed by atoms with van der Waals surface area (Å²) in [6.07, 6.45) is 4.82. The van der Waals surface area contributed by atoms with E-state index in [-0.39, 0.29) is 36.5 Å². The number of piperidine rings is 1. The first-order valence-corrected chi connectivity index (χ1v) is 13.4. The van der Waals surface area contributed by atoms with E-state index in [1.807, 2.05) is 25.7 Å². The Bertz CT molecular complexity index is 1200. The van der Waals surface area contributed by atoms with Gasteiger partial charge in [0.2, 0.25) is 0 Å². The van der Waals surface area contributed by atoms with E-state index >= 15 is 0 Å². The van der Waals surface area contributed by atoms with Crippen LogP contribution in [0.3, 0.4) is 0 Å². The normalized spacial score (nSPS) is 27.8. The van der Waals surface area contributed by atoms with Gasteiger partial charge in [-0.3, -0.25) is 4.90 Å². The summed E-state index contributed by atoms with van der Waals surface area (Å²) in [5.74, 6) is 1.33. The van der Waals surface area contributed by atoms with Crippen LogP contribution < -0.4 is 5.46 Å². The van der Waals surface area contributed by atoms with Gasteiger partial charge >= 0.3 is 13.2 Å². The highest BCUT2D eigenvalue weighted by molar-refractivity contribution is 6.62. The number of imidazole rings is 1. The molecule has 36 heavy (non-hydrogen) atoms. The molecule has 3 unspecified atom stereocenters. The number of benzene rings is 1. The highest BCUT2D eigenvalue weighted by atomic mass is 16.7. The van der Waals surface area contributed by atoms with Gasteiger partial charge in [-0.15, -0.1) is 0 Å². The molecule has 2 aromatic rings. The van der Waals surface area contributed by atoms with Gasteiger partial charge in [0.25, 0.3) is 0 Å². The largest absolute Gasteiger partial charge is 0.494 e. The summed E-state index contributed by atoms with van der Waals surface area (Å²) in [5.41, 5.74) is 4.41. The van der Waals surface area contributed by atoms with E-state index in [1.54, 1.807) is 0 Å². The molecule has 1 aromatic heterocycles. The minimum Gasteiger partial charge on any atom is -0.444 e. The number of carbonyl (C=O) groups is 1. The first-order valence-electron chi connectivity index (χ1n) is 13.4. The topological polar surface area (TPSA) is 76.7 Å². The first kappa shape index (κ1) is 24.0. The van der Waals surface area contributed by atoms with Crippen LogP contribution in [0.15, 0.2) is 18.2 Å². The number of aromatic amines is 1. The maximum atomic E-state index is 13.2. The van der Waals surface area contributed by atoms with Crippen LogP contribution in [0.5, 0.6) is 0 Å². The lowest BCUT2D eigenvalue weighted by Gasteiger charge is -2.35. The molecule has 0 radical (unpaired) electrons. The predicted octanol–water partition coefficient (Wildman–Crippen LogP) is 4.94. The van der Waals surface area contributed by atoms with Crippen molar-refractivity contribution in [2.75, 3.05) is 0 Å². The SMILES string of the molecule is CC(C)(C)OC(=O)N1C2CCC(C2)C1c1nc2c([nH]1)CCc1cc(B3OC(C)(C)C(C)(C)O3)ccc1-2. The number of nitrogens with zero attached hydrogens (tertiary/aromatic N) is 2. The number of nitrogens with one attached hydrogen (secondary N) is 1. The zero-order valence-electron chi connectivity index (χ0n) is 22.6. The van der Waals surface area contributed by atoms with Gasteiger partial charge in [-0.05, 0) is 97.5 Å². The van der Waals surface area contributed by atoms with Gasteiger partial charge in [0.15, 0.2) is 0 Å². The standard InChI is InChI=1S/C28H38BN3O4/c1-26(2,3)34-25(33)32-19-11-8-17(15-19)23(32)24-30-21-13-9-16-14-18(10-12-20(16)22(21)31-24)29-35-27(4,5)28(6,7)36-29/h10,12,14,17,19,23H,8-9,11,13,15H2,1-7H3,(H,30,31). The lowest BCUT2D eigenvalue weighted by atomic mass is 9.76. The zero-order valence-corrected chi connectivity index (χ0v) is 22.6. The van der Waals surface area contributed by atoms with Crippen LogP contribution in [-0.4, -0.2) is 50.9 Å². The minimum absolute atomic E-state index is 0.0447. The molecule has 1 saturated carbocycles. The first-order chi connectivity index (χ1) is 16.8. The van der Waals surface area contributed by atoms with Crippen molar-refractivity contribution >= 4 is 18.7 Å². The predicted molar refractivity (Wildman–Crippen MR) is 139 cm³/mol. The number of amides is 1. The molecule has 8 heteroatoms.